The maximum atomic E-state index is 12.6. The average molecular weight is 381 g/mol. The summed E-state index contributed by atoms with van der Waals surface area (Å²) in [5.41, 5.74) is 0.812. The summed E-state index contributed by atoms with van der Waals surface area (Å²) in [5.74, 6) is 1.31. The van der Waals surface area contributed by atoms with Crippen LogP contribution in [0.15, 0.2) is 12.1 Å². The molecule has 0 aliphatic carbocycles. The lowest BCUT2D eigenvalue weighted by Crippen LogP contribution is -2.43. The molecule has 3 rings (SSSR count). The number of halogens is 1. The van der Waals surface area contributed by atoms with Gasteiger partial charge in [-0.25, -0.2) is 0 Å². The molecule has 2 amide bonds. The lowest BCUT2D eigenvalue weighted by atomic mass is 9.95. The van der Waals surface area contributed by atoms with Crippen LogP contribution >= 0.6 is 11.6 Å². The number of ether oxygens (including phenoxy) is 2. The topological polar surface area (TPSA) is 67.9 Å². The number of carbonyl (C=O) groups excluding carboxylic acids is 2. The minimum Gasteiger partial charge on any atom is -0.486 e. The van der Waals surface area contributed by atoms with Crippen LogP contribution < -0.4 is 14.8 Å². The Morgan fingerprint density at radius 1 is 1.23 bits per heavy atom. The van der Waals surface area contributed by atoms with Crippen molar-refractivity contribution in [2.24, 2.45) is 5.92 Å². The number of hydrogen-bond donors (Lipinski definition) is 1. The second-order valence-corrected chi connectivity index (χ2v) is 7.13. The van der Waals surface area contributed by atoms with E-state index in [9.17, 15) is 9.59 Å². The van der Waals surface area contributed by atoms with E-state index in [1.807, 2.05) is 17.9 Å². The Bertz CT molecular complexity index is 672. The van der Waals surface area contributed by atoms with Crippen molar-refractivity contribution in [1.29, 1.82) is 0 Å². The fourth-order valence-electron chi connectivity index (χ4n) is 3.34. The van der Waals surface area contributed by atoms with Crippen LogP contribution in [0.25, 0.3) is 0 Å². The van der Waals surface area contributed by atoms with E-state index in [1.165, 1.54) is 0 Å². The third-order valence-corrected chi connectivity index (χ3v) is 5.06. The van der Waals surface area contributed by atoms with Crippen molar-refractivity contribution in [2.45, 2.75) is 32.6 Å². The molecular formula is C19H25ClN2O4. The first-order valence-corrected chi connectivity index (χ1v) is 9.59. The molecule has 0 saturated carbocycles. The number of hydrogen-bond acceptors (Lipinski definition) is 4. The largest absolute Gasteiger partial charge is 0.486 e. The van der Waals surface area contributed by atoms with E-state index in [4.69, 9.17) is 21.1 Å². The summed E-state index contributed by atoms with van der Waals surface area (Å²) in [6, 6.07) is 3.58. The molecule has 1 N–H and O–H groups in total. The Hall–Kier alpha value is -1.95. The van der Waals surface area contributed by atoms with Gasteiger partial charge in [0.15, 0.2) is 11.5 Å². The molecular weight excluding hydrogens is 356 g/mol. The fraction of sp³-hybridized carbons (Fsp3) is 0.579. The normalized spacial score (nSPS) is 17.1. The van der Waals surface area contributed by atoms with Crippen molar-refractivity contribution in [3.05, 3.63) is 22.7 Å². The molecule has 0 bridgehead atoms. The first kappa shape index (κ1) is 18.8. The predicted molar refractivity (Wildman–Crippen MR) is 98.8 cm³/mol. The molecule has 0 atom stereocenters. The van der Waals surface area contributed by atoms with Gasteiger partial charge < -0.3 is 19.7 Å². The minimum atomic E-state index is 0.00865. The van der Waals surface area contributed by atoms with Gasteiger partial charge in [-0.2, -0.15) is 0 Å². The molecule has 1 fully saturated rings. The van der Waals surface area contributed by atoms with Gasteiger partial charge in [0, 0.05) is 25.6 Å². The number of rotatable bonds is 5. The molecule has 142 valence electrons. The van der Waals surface area contributed by atoms with E-state index < -0.39 is 0 Å². The van der Waals surface area contributed by atoms with Crippen molar-refractivity contribution in [3.63, 3.8) is 0 Å². The van der Waals surface area contributed by atoms with Crippen molar-refractivity contribution in [1.82, 2.24) is 10.2 Å². The molecule has 2 aliphatic rings. The van der Waals surface area contributed by atoms with Gasteiger partial charge in [-0.05, 0) is 37.0 Å². The Morgan fingerprint density at radius 2 is 1.96 bits per heavy atom. The summed E-state index contributed by atoms with van der Waals surface area (Å²) < 4.78 is 11.1. The lowest BCUT2D eigenvalue weighted by Gasteiger charge is -2.31. The summed E-state index contributed by atoms with van der Waals surface area (Å²) >= 11 is 6.24. The highest BCUT2D eigenvalue weighted by Crippen LogP contribution is 2.38. The van der Waals surface area contributed by atoms with E-state index in [0.717, 1.165) is 12.0 Å². The summed E-state index contributed by atoms with van der Waals surface area (Å²) in [7, 11) is 0. The number of likely N-dealkylation sites (tertiary alicyclic amines) is 1. The maximum Gasteiger partial charge on any atom is 0.226 e. The number of nitrogens with one attached hydrogen (secondary N) is 1. The number of piperidine rings is 1. The van der Waals surface area contributed by atoms with Gasteiger partial charge in [0.2, 0.25) is 11.8 Å². The van der Waals surface area contributed by atoms with Gasteiger partial charge in [0.05, 0.1) is 11.4 Å². The first-order chi connectivity index (χ1) is 12.6. The number of benzene rings is 1. The van der Waals surface area contributed by atoms with E-state index in [1.54, 1.807) is 6.07 Å². The first-order valence-electron chi connectivity index (χ1n) is 9.22. The maximum absolute atomic E-state index is 12.6. The average Bonchev–Trinajstić information content (AvgIpc) is 2.66. The molecule has 0 aromatic heterocycles. The number of amides is 2. The zero-order chi connectivity index (χ0) is 18.5. The molecule has 7 heteroatoms. The highest BCUT2D eigenvalue weighted by Gasteiger charge is 2.27. The van der Waals surface area contributed by atoms with Crippen molar-refractivity contribution in [3.8, 4) is 11.5 Å². The Balaban J connectivity index is 1.55. The second kappa shape index (κ2) is 8.62. The van der Waals surface area contributed by atoms with Crippen molar-refractivity contribution < 1.29 is 19.1 Å². The molecule has 1 aromatic rings. The van der Waals surface area contributed by atoms with Crippen molar-refractivity contribution >= 4 is 23.4 Å². The Kier molecular flexibility index (Phi) is 6.25. The zero-order valence-corrected chi connectivity index (χ0v) is 15.8. The van der Waals surface area contributed by atoms with Gasteiger partial charge in [-0.15, -0.1) is 0 Å². The van der Waals surface area contributed by atoms with Crippen LogP contribution in [0.1, 0.15) is 31.7 Å². The lowest BCUT2D eigenvalue weighted by molar-refractivity contribution is -0.135. The van der Waals surface area contributed by atoms with E-state index in [2.05, 4.69) is 5.32 Å². The minimum absolute atomic E-state index is 0.00865. The van der Waals surface area contributed by atoms with Crippen LogP contribution in [-0.4, -0.2) is 49.6 Å². The summed E-state index contributed by atoms with van der Waals surface area (Å²) in [6.45, 7) is 4.93. The van der Waals surface area contributed by atoms with Crippen LogP contribution in [-0.2, 0) is 16.0 Å². The van der Waals surface area contributed by atoms with E-state index in [-0.39, 0.29) is 24.2 Å². The van der Waals surface area contributed by atoms with Crippen LogP contribution in [0.2, 0.25) is 5.02 Å². The molecule has 0 spiro atoms. The molecule has 0 radical (unpaired) electrons. The zero-order valence-electron chi connectivity index (χ0n) is 15.1. The van der Waals surface area contributed by atoms with Gasteiger partial charge in [0.25, 0.3) is 0 Å². The van der Waals surface area contributed by atoms with Gasteiger partial charge in [-0.3, -0.25) is 9.59 Å². The van der Waals surface area contributed by atoms with Gasteiger partial charge in [-0.1, -0.05) is 18.5 Å². The van der Waals surface area contributed by atoms with Crippen LogP contribution in [0.3, 0.4) is 0 Å². The fourth-order valence-corrected chi connectivity index (χ4v) is 3.62. The molecule has 1 aromatic carbocycles. The van der Waals surface area contributed by atoms with Crippen LogP contribution in [0.5, 0.6) is 11.5 Å². The van der Waals surface area contributed by atoms with Crippen LogP contribution in [0, 0.1) is 5.92 Å². The third-order valence-electron chi connectivity index (χ3n) is 4.78. The summed E-state index contributed by atoms with van der Waals surface area (Å²) in [4.78, 5) is 26.5. The molecule has 26 heavy (non-hydrogen) atoms. The molecule has 6 nitrogen and oxygen atoms in total. The van der Waals surface area contributed by atoms with Crippen LogP contribution in [0.4, 0.5) is 0 Å². The highest BCUT2D eigenvalue weighted by atomic mass is 35.5. The van der Waals surface area contributed by atoms with E-state index >= 15 is 0 Å². The summed E-state index contributed by atoms with van der Waals surface area (Å²) in [5, 5.41) is 3.41. The Labute approximate surface area is 158 Å². The van der Waals surface area contributed by atoms with Gasteiger partial charge >= 0.3 is 0 Å². The molecule has 1 saturated heterocycles. The monoisotopic (exact) mass is 380 g/mol. The van der Waals surface area contributed by atoms with Crippen molar-refractivity contribution in [2.75, 3.05) is 32.8 Å². The second-order valence-electron chi connectivity index (χ2n) is 6.72. The number of carbonyl (C=O) groups is 2. The SMILES string of the molecule is CCCNC(=O)C1CCN(C(=O)Cc2cc(Cl)c3c(c2)OCCO3)CC1. The van der Waals surface area contributed by atoms with E-state index in [0.29, 0.717) is 62.2 Å². The molecule has 2 heterocycles. The Morgan fingerprint density at radius 3 is 2.69 bits per heavy atom. The number of nitrogens with zero attached hydrogens (tertiary/aromatic N) is 1. The standard InChI is InChI=1S/C19H25ClN2O4/c1-2-5-21-19(24)14-3-6-22(7-4-14)17(23)12-13-10-15(20)18-16(11-13)25-8-9-26-18/h10-11,14H,2-9,12H2,1H3,(H,21,24). The predicted octanol–water partition coefficient (Wildman–Crippen LogP) is 2.42. The smallest absolute Gasteiger partial charge is 0.226 e. The molecule has 2 aliphatic heterocycles. The van der Waals surface area contributed by atoms with Gasteiger partial charge in [0.1, 0.15) is 13.2 Å². The highest BCUT2D eigenvalue weighted by molar-refractivity contribution is 6.32. The quantitative estimate of drug-likeness (QED) is 0.851. The third kappa shape index (κ3) is 4.41. The number of fused-ring (bicyclic) bond motifs is 1. The summed E-state index contributed by atoms with van der Waals surface area (Å²) in [6.07, 6.45) is 2.62. The molecule has 0 unspecified atom stereocenters.